The molecule has 6 unspecified atom stereocenters. The van der Waals surface area contributed by atoms with Gasteiger partial charge in [0.25, 0.3) is 0 Å². The summed E-state index contributed by atoms with van der Waals surface area (Å²) in [6.07, 6.45) is 61.5. The molecule has 1 fully saturated rings. The smallest absolute Gasteiger partial charge is 0.397 e. The number of allylic oxidation sites excluding steroid dienone is 16. The van der Waals surface area contributed by atoms with E-state index in [9.17, 15) is 33.1 Å². The van der Waals surface area contributed by atoms with Gasteiger partial charge in [0.15, 0.2) is 6.29 Å². The molecule has 74 heavy (non-hydrogen) atoms. The number of aliphatic hydroxyl groups excluding tert-OH is 3. The number of unbranched alkanes of at least 4 members (excludes halogenated alkanes) is 21. The summed E-state index contributed by atoms with van der Waals surface area (Å²) in [6, 6.07) is 0. The third-order valence-electron chi connectivity index (χ3n) is 12.7. The second-order valence-electron chi connectivity index (χ2n) is 19.5. The minimum absolute atomic E-state index is 0.0213. The van der Waals surface area contributed by atoms with Crippen molar-refractivity contribution in [1.29, 1.82) is 0 Å². The van der Waals surface area contributed by atoms with Crippen molar-refractivity contribution in [1.82, 2.24) is 0 Å². The van der Waals surface area contributed by atoms with Crippen molar-refractivity contribution in [2.45, 2.75) is 256 Å². The van der Waals surface area contributed by atoms with Crippen LogP contribution in [0, 0.1) is 0 Å². The highest BCUT2D eigenvalue weighted by atomic mass is 32.3. The van der Waals surface area contributed by atoms with Crippen molar-refractivity contribution in [2.75, 3.05) is 26.4 Å². The predicted octanol–water partition coefficient (Wildman–Crippen LogP) is 14.5. The summed E-state index contributed by atoms with van der Waals surface area (Å²) in [4.78, 5) is 13.0. The van der Waals surface area contributed by atoms with E-state index < -0.39 is 59.8 Å². The van der Waals surface area contributed by atoms with E-state index in [1.54, 1.807) is 0 Å². The minimum atomic E-state index is -5.08. The van der Waals surface area contributed by atoms with Crippen molar-refractivity contribution >= 4 is 16.4 Å². The Kier molecular flexibility index (Phi) is 47.4. The van der Waals surface area contributed by atoms with Crippen LogP contribution in [0.25, 0.3) is 0 Å². The van der Waals surface area contributed by atoms with Crippen molar-refractivity contribution < 1.29 is 56.2 Å². The van der Waals surface area contributed by atoms with E-state index in [1.165, 1.54) is 96.3 Å². The molecule has 0 bridgehead atoms. The summed E-state index contributed by atoms with van der Waals surface area (Å²) in [5.74, 6) is -0.412. The molecule has 1 aliphatic rings. The molecule has 0 spiro atoms. The number of rotatable bonds is 50. The molecular formula is C61H104O12S. The lowest BCUT2D eigenvalue weighted by Gasteiger charge is -2.41. The number of carbonyl (C=O) groups is 1. The highest BCUT2D eigenvalue weighted by Gasteiger charge is 2.48. The maximum atomic E-state index is 13.0. The number of hydrogen-bond acceptors (Lipinski definition) is 11. The molecule has 1 rings (SSSR count). The molecule has 0 aliphatic carbocycles. The maximum Gasteiger partial charge on any atom is 0.397 e. The van der Waals surface area contributed by atoms with Crippen LogP contribution in [0.1, 0.15) is 219 Å². The number of aliphatic hydroxyl groups is 3. The summed E-state index contributed by atoms with van der Waals surface area (Å²) >= 11 is 0. The maximum absolute atomic E-state index is 13.0. The average molecular weight is 1060 g/mol. The van der Waals surface area contributed by atoms with Crippen molar-refractivity contribution in [2.24, 2.45) is 0 Å². The van der Waals surface area contributed by atoms with Gasteiger partial charge in [-0.05, 0) is 96.3 Å². The monoisotopic (exact) mass is 1060 g/mol. The number of ether oxygens (including phenoxy) is 4. The lowest BCUT2D eigenvalue weighted by atomic mass is 9.99. The average Bonchev–Trinajstić information content (AvgIpc) is 3.38. The van der Waals surface area contributed by atoms with E-state index in [2.05, 4.69) is 115 Å². The summed E-state index contributed by atoms with van der Waals surface area (Å²) in [7, 11) is -5.08. The highest BCUT2D eigenvalue weighted by molar-refractivity contribution is 7.80. The quantitative estimate of drug-likeness (QED) is 0.0196. The Balaban J connectivity index is 2.33. The molecule has 0 aromatic heterocycles. The fourth-order valence-corrected chi connectivity index (χ4v) is 8.86. The van der Waals surface area contributed by atoms with Gasteiger partial charge < -0.3 is 34.3 Å². The van der Waals surface area contributed by atoms with Gasteiger partial charge in [-0.2, -0.15) is 8.42 Å². The summed E-state index contributed by atoms with van der Waals surface area (Å²) in [5, 5.41) is 30.9. The molecule has 0 saturated carbocycles. The molecule has 0 aromatic rings. The third-order valence-corrected chi connectivity index (χ3v) is 13.2. The molecule has 0 aromatic carbocycles. The van der Waals surface area contributed by atoms with Crippen LogP contribution < -0.4 is 0 Å². The van der Waals surface area contributed by atoms with Crippen LogP contribution in [-0.2, 0) is 38.3 Å². The second kappa shape index (κ2) is 50.8. The second-order valence-corrected chi connectivity index (χ2v) is 20.5. The molecule has 4 N–H and O–H groups in total. The molecule has 426 valence electrons. The first-order valence-corrected chi connectivity index (χ1v) is 30.4. The third kappa shape index (κ3) is 43.2. The van der Waals surface area contributed by atoms with Crippen LogP contribution in [0.2, 0.25) is 0 Å². The zero-order chi connectivity index (χ0) is 53.8. The van der Waals surface area contributed by atoms with Gasteiger partial charge in [0.1, 0.15) is 30.5 Å². The summed E-state index contributed by atoms with van der Waals surface area (Å²) < 4.78 is 59.4. The summed E-state index contributed by atoms with van der Waals surface area (Å²) in [5.41, 5.74) is 0. The van der Waals surface area contributed by atoms with Gasteiger partial charge in [0, 0.05) is 13.0 Å². The molecule has 0 radical (unpaired) electrons. The van der Waals surface area contributed by atoms with Crippen molar-refractivity contribution in [3.63, 3.8) is 0 Å². The first kappa shape index (κ1) is 69.0. The van der Waals surface area contributed by atoms with Gasteiger partial charge in [-0.1, -0.05) is 214 Å². The van der Waals surface area contributed by atoms with Crippen LogP contribution in [0.5, 0.6) is 0 Å². The number of hydrogen-bond donors (Lipinski definition) is 4. The van der Waals surface area contributed by atoms with E-state index >= 15 is 0 Å². The van der Waals surface area contributed by atoms with E-state index in [1.807, 2.05) is 0 Å². The van der Waals surface area contributed by atoms with E-state index in [0.717, 1.165) is 96.3 Å². The molecular weight excluding hydrogens is 957 g/mol. The van der Waals surface area contributed by atoms with Gasteiger partial charge in [0.2, 0.25) is 0 Å². The Hall–Kier alpha value is -2.98. The van der Waals surface area contributed by atoms with Crippen LogP contribution in [0.15, 0.2) is 97.2 Å². The fraction of sp³-hybridized carbons (Fsp3) is 0.721. The molecule has 12 nitrogen and oxygen atoms in total. The highest BCUT2D eigenvalue weighted by Crippen LogP contribution is 2.26. The summed E-state index contributed by atoms with van der Waals surface area (Å²) in [6.45, 7) is 3.85. The number of carbonyl (C=O) groups excluding carboxylic acids is 1. The van der Waals surface area contributed by atoms with Gasteiger partial charge in [-0.3, -0.25) is 9.35 Å². The van der Waals surface area contributed by atoms with Crippen molar-refractivity contribution in [3.05, 3.63) is 97.2 Å². The lowest BCUT2D eigenvalue weighted by molar-refractivity contribution is -0.301. The van der Waals surface area contributed by atoms with Crippen LogP contribution >= 0.6 is 0 Å². The topological polar surface area (TPSA) is 178 Å². The Morgan fingerprint density at radius 1 is 0.527 bits per heavy atom. The van der Waals surface area contributed by atoms with Gasteiger partial charge in [0.05, 0.1) is 19.8 Å². The Labute approximate surface area is 450 Å². The SMILES string of the molecule is CC/C=C\C/C=C\C/C=C\C/C=C\C/C=C\CCCCCCCCCCOCC(COC1OC(CO)C(O)C(OS(=O)(=O)O)C1O)OC(=O)CCCCCCCCCC/C=C\C/C=C\C/C=C\CCCCCCC. The Morgan fingerprint density at radius 3 is 1.36 bits per heavy atom. The first-order valence-electron chi connectivity index (χ1n) is 29.0. The van der Waals surface area contributed by atoms with Crippen LogP contribution in [-0.4, -0.2) is 97.5 Å². The minimum Gasteiger partial charge on any atom is -0.457 e. The standard InChI is InChI=1S/C61H104O12S/c1-3-5-7-9-11-13-15-17-19-21-23-25-27-29-31-33-35-37-39-41-43-45-47-49-51-69-53-55(54-70-61-59(65)60(73-74(66,67)68)58(64)56(52-62)72-61)71-57(63)50-48-46-44-42-40-38-36-34-32-30-28-26-24-22-20-18-16-14-12-10-8-6-4-2/h5,7,11,13,16-19,22-25,28-31,55-56,58-62,64-65H,3-4,6,8-10,12,14-15,20-21,26-27,32-54H2,1-2H3,(H,66,67,68)/b7-5-,13-11-,18-16-,19-17-,24-22-,25-23-,30-28-,31-29-. The molecule has 13 heteroatoms. The van der Waals surface area contributed by atoms with E-state index in [0.29, 0.717) is 13.0 Å². The van der Waals surface area contributed by atoms with Gasteiger partial charge in [-0.25, -0.2) is 4.18 Å². The van der Waals surface area contributed by atoms with Gasteiger partial charge >= 0.3 is 16.4 Å². The van der Waals surface area contributed by atoms with Gasteiger partial charge in [-0.15, -0.1) is 0 Å². The Morgan fingerprint density at radius 2 is 0.932 bits per heavy atom. The van der Waals surface area contributed by atoms with Crippen LogP contribution in [0.3, 0.4) is 0 Å². The van der Waals surface area contributed by atoms with E-state index in [-0.39, 0.29) is 19.6 Å². The van der Waals surface area contributed by atoms with Crippen LogP contribution in [0.4, 0.5) is 0 Å². The lowest BCUT2D eigenvalue weighted by Crippen LogP contribution is -2.60. The largest absolute Gasteiger partial charge is 0.457 e. The normalized spacial score (nSPS) is 19.5. The molecule has 1 heterocycles. The fourth-order valence-electron chi connectivity index (χ4n) is 8.35. The van der Waals surface area contributed by atoms with E-state index in [4.69, 9.17) is 18.9 Å². The zero-order valence-electron chi connectivity index (χ0n) is 46.1. The molecule has 1 aliphatic heterocycles. The zero-order valence-corrected chi connectivity index (χ0v) is 46.9. The Bertz CT molecular complexity index is 1650. The van der Waals surface area contributed by atoms with Crippen molar-refractivity contribution in [3.8, 4) is 0 Å². The molecule has 1 saturated heterocycles. The predicted molar refractivity (Wildman–Crippen MR) is 303 cm³/mol. The molecule has 6 atom stereocenters. The number of esters is 1. The molecule has 0 amide bonds. The first-order chi connectivity index (χ1) is 36.1.